The average Bonchev–Trinajstić information content (AvgIpc) is 0.788. The lowest BCUT2D eigenvalue weighted by molar-refractivity contribution is -0.144. The summed E-state index contributed by atoms with van der Waals surface area (Å²) in [7, 11) is -14.7. The SMILES string of the molecule is Cc1cc(OCCCC(=O)NCCNC(=O)[C@H](CS(=O)(=O)O)NC(=O)[C@H](CS(=O)(=O)O)NC(=S)Nc2ccc(C[C@@H](CN(CC(=O)O)CC(C)N(CC(=O)O)CC(=O)O)N(CC(=O)O)CC(=O)O)cc2)cc(C)c1S(=O)(=O)N[C@@H](CNC(=O)c1ccc(CCc2ccc3c(n2)NCCC3)cc1)C(=O)O. The van der Waals surface area contributed by atoms with Crippen LogP contribution in [0, 0.1) is 13.8 Å². The van der Waals surface area contributed by atoms with Gasteiger partial charge in [0, 0.05) is 74.7 Å². The van der Waals surface area contributed by atoms with Crippen molar-refractivity contribution in [1.82, 2.24) is 51.0 Å². The third kappa shape index (κ3) is 30.4. The van der Waals surface area contributed by atoms with E-state index in [9.17, 15) is 113 Å². The van der Waals surface area contributed by atoms with Crippen LogP contribution in [0.4, 0.5) is 11.5 Å². The Morgan fingerprint density at radius 3 is 1.77 bits per heavy atom. The van der Waals surface area contributed by atoms with Crippen molar-refractivity contribution in [2.24, 2.45) is 0 Å². The van der Waals surface area contributed by atoms with E-state index in [2.05, 4.69) is 42.7 Å². The van der Waals surface area contributed by atoms with E-state index in [1.165, 1.54) is 67.6 Å². The van der Waals surface area contributed by atoms with Crippen LogP contribution in [-0.2, 0) is 99.1 Å². The number of fused-ring (bicyclic) bond motifs is 1. The van der Waals surface area contributed by atoms with Crippen LogP contribution < -0.4 is 46.7 Å². The van der Waals surface area contributed by atoms with Crippen molar-refractivity contribution in [3.8, 4) is 5.75 Å². The Bertz CT molecular complexity index is 4060. The molecular formula is C63H84N12O25S4. The van der Waals surface area contributed by atoms with Gasteiger partial charge in [0.2, 0.25) is 27.7 Å². The van der Waals surface area contributed by atoms with Gasteiger partial charge >= 0.3 is 35.8 Å². The fourth-order valence-electron chi connectivity index (χ4n) is 11.0. The summed E-state index contributed by atoms with van der Waals surface area (Å²) in [6.07, 6.45) is 3.13. The molecule has 0 fully saturated rings. The summed E-state index contributed by atoms with van der Waals surface area (Å²) in [5, 5.41) is 74.9. The van der Waals surface area contributed by atoms with Crippen molar-refractivity contribution in [3.63, 3.8) is 0 Å². The normalized spacial score (nSPS) is 13.7. The molecule has 0 saturated carbocycles. The monoisotopic (exact) mass is 1540 g/mol. The molecule has 1 unspecified atom stereocenters. The number of carbonyl (C=O) groups excluding carboxylic acids is 4. The van der Waals surface area contributed by atoms with Gasteiger partial charge in [0.25, 0.3) is 26.1 Å². The number of hydrogen-bond donors (Lipinski definition) is 16. The molecule has 5 atom stereocenters. The molecule has 4 aromatic rings. The maximum absolute atomic E-state index is 13.7. The summed E-state index contributed by atoms with van der Waals surface area (Å²) in [5.74, 6) is -14.3. The van der Waals surface area contributed by atoms with Crippen molar-refractivity contribution < 1.29 is 118 Å². The number of aromatic nitrogens is 1. The molecule has 5 rings (SSSR count). The second kappa shape index (κ2) is 39.9. The smallest absolute Gasteiger partial charge is 0.323 e. The van der Waals surface area contributed by atoms with E-state index < -0.39 is 182 Å². The quantitative estimate of drug-likeness (QED) is 0.0138. The first-order valence-electron chi connectivity index (χ1n) is 32.0. The molecule has 0 radical (unpaired) electrons. The topological polar surface area (TPSA) is 563 Å². The number of hydrogen-bond acceptors (Lipinski definition) is 23. The second-order valence-electron chi connectivity index (χ2n) is 24.3. The number of aliphatic carboxylic acids is 6. The molecule has 4 amide bonds. The average molecular weight is 1540 g/mol. The molecular weight excluding hydrogens is 1450 g/mol. The maximum Gasteiger partial charge on any atom is 0.323 e. The number of rotatable bonds is 45. The van der Waals surface area contributed by atoms with Crippen LogP contribution in [0.25, 0.3) is 0 Å². The zero-order chi connectivity index (χ0) is 77.2. The third-order valence-electron chi connectivity index (χ3n) is 15.7. The van der Waals surface area contributed by atoms with Crippen molar-refractivity contribution in [2.45, 2.75) is 101 Å². The highest BCUT2D eigenvalue weighted by Gasteiger charge is 2.34. The Labute approximate surface area is 603 Å². The molecule has 16 N–H and O–H groups in total. The molecule has 0 spiro atoms. The Hall–Kier alpha value is -9.59. The standard InChI is InChI=1S/C63H84N12O25S4/c1-37-24-47(25-38(2)57(37)104(98,99)72-48(62(90)91)27-67-59(87)43-13-8-40(9-14-43)10-16-44-19-15-42-6-4-20-65-58(42)68-44)100-23-5-7-51(76)64-21-22-66-60(88)49(35-102(92,93)94)70-61(89)50(36-103(95,96)97)71-63(101)69-45-17-11-41(12-18-45)26-46(75(33-55(83)84)34-56(85)86)29-73(30-52(77)78)28-39(3)74(31-53(79)80)32-54(81)82/h8-9,11-15,17-19,24-25,39,46,48-50,72H,4-7,10,16,20-23,26-36H2,1-3H3,(H,64,76)(H,65,68)(H,66,88)(H,67,87)(H,70,89)(H,77,78)(H,79,80)(H,81,82)(H,83,84)(H,85,86)(H,90,91)(H2,69,71,101)(H,92,93,94)(H,95,96,97)/t39?,46-,48-,49-,50-/m0/s1. The highest BCUT2D eigenvalue weighted by molar-refractivity contribution is 7.89. The molecule has 37 nitrogen and oxygen atoms in total. The summed E-state index contributed by atoms with van der Waals surface area (Å²) in [6, 6.07) is 11.2. The number of benzene rings is 3. The van der Waals surface area contributed by atoms with E-state index in [0.29, 0.717) is 18.4 Å². The lowest BCUT2D eigenvalue weighted by atomic mass is 10.0. The van der Waals surface area contributed by atoms with Crippen LogP contribution in [0.3, 0.4) is 0 Å². The zero-order valence-corrected chi connectivity index (χ0v) is 59.9. The number of aryl methyl sites for hydroxylation is 5. The Morgan fingerprint density at radius 2 is 1.20 bits per heavy atom. The number of anilines is 2. The van der Waals surface area contributed by atoms with E-state index in [4.69, 9.17) is 21.9 Å². The van der Waals surface area contributed by atoms with Gasteiger partial charge in [0.15, 0.2) is 5.11 Å². The lowest BCUT2D eigenvalue weighted by Crippen LogP contribution is -2.58. The second-order valence-corrected chi connectivity index (χ2v) is 29.4. The fraction of sp³-hybridized carbons (Fsp3) is 0.460. The predicted molar refractivity (Wildman–Crippen MR) is 375 cm³/mol. The maximum atomic E-state index is 13.7. The lowest BCUT2D eigenvalue weighted by Gasteiger charge is -2.36. The fourth-order valence-corrected chi connectivity index (χ4v) is 14.2. The van der Waals surface area contributed by atoms with Crippen LogP contribution in [0.2, 0.25) is 0 Å². The minimum Gasteiger partial charge on any atom is -0.494 e. The molecule has 0 bridgehead atoms. The molecule has 2 heterocycles. The van der Waals surface area contributed by atoms with E-state index in [1.807, 2.05) is 11.4 Å². The van der Waals surface area contributed by atoms with E-state index in [0.717, 1.165) is 46.3 Å². The molecule has 570 valence electrons. The van der Waals surface area contributed by atoms with Crippen LogP contribution in [0.5, 0.6) is 5.75 Å². The van der Waals surface area contributed by atoms with E-state index >= 15 is 0 Å². The van der Waals surface area contributed by atoms with E-state index in [-0.39, 0.29) is 78.5 Å². The van der Waals surface area contributed by atoms with Gasteiger partial charge in [0.1, 0.15) is 41.2 Å². The molecule has 1 aliphatic heterocycles. The van der Waals surface area contributed by atoms with Crippen molar-refractivity contribution in [3.05, 3.63) is 112 Å². The van der Waals surface area contributed by atoms with E-state index in [1.54, 1.807) is 24.3 Å². The predicted octanol–water partition coefficient (Wildman–Crippen LogP) is -1.36. The summed E-state index contributed by atoms with van der Waals surface area (Å²) in [5.41, 5.74) is 4.10. The van der Waals surface area contributed by atoms with Crippen LogP contribution in [-0.4, -0.2) is 270 Å². The van der Waals surface area contributed by atoms with Crippen LogP contribution >= 0.6 is 12.2 Å². The van der Waals surface area contributed by atoms with Crippen LogP contribution in [0.15, 0.2) is 77.7 Å². The number of ether oxygens (including phenoxy) is 1. The number of carboxylic acid groups (broad SMARTS) is 6. The summed E-state index contributed by atoms with van der Waals surface area (Å²) in [6.45, 7) is -0.649. The van der Waals surface area contributed by atoms with Crippen molar-refractivity contribution in [1.29, 1.82) is 0 Å². The molecule has 1 aliphatic rings. The molecule has 1 aromatic heterocycles. The Kier molecular flexibility index (Phi) is 32.6. The molecule has 41 heteroatoms. The minimum absolute atomic E-state index is 0.0695. The number of carboxylic acids is 6. The van der Waals surface area contributed by atoms with Crippen LogP contribution in [0.1, 0.15) is 70.1 Å². The first-order valence-corrected chi connectivity index (χ1v) is 37.1. The summed E-state index contributed by atoms with van der Waals surface area (Å²) < 4.78 is 103. The summed E-state index contributed by atoms with van der Waals surface area (Å²) >= 11 is 5.28. The Balaban J connectivity index is 1.10. The van der Waals surface area contributed by atoms with Crippen molar-refractivity contribution in [2.75, 3.05) is 101 Å². The molecule has 3 aromatic carbocycles. The van der Waals surface area contributed by atoms with Gasteiger partial charge in [-0.3, -0.25) is 71.8 Å². The zero-order valence-electron chi connectivity index (χ0n) is 56.6. The summed E-state index contributed by atoms with van der Waals surface area (Å²) in [4.78, 5) is 132. The number of thiocarbonyl (C=S) groups is 1. The van der Waals surface area contributed by atoms with Gasteiger partial charge in [-0.25, -0.2) is 13.4 Å². The first kappa shape index (κ1) is 85.1. The first-order chi connectivity index (χ1) is 48.7. The van der Waals surface area contributed by atoms with Gasteiger partial charge in [0.05, 0.1) is 44.2 Å². The third-order valence-corrected chi connectivity index (χ3v) is 19.2. The molecule has 0 saturated heterocycles. The highest BCUT2D eigenvalue weighted by atomic mass is 32.2. The van der Waals surface area contributed by atoms with Gasteiger partial charge < -0.3 is 72.6 Å². The van der Waals surface area contributed by atoms with Gasteiger partial charge in [-0.1, -0.05) is 30.3 Å². The molecule has 104 heavy (non-hydrogen) atoms. The Morgan fingerprint density at radius 1 is 0.644 bits per heavy atom. The van der Waals surface area contributed by atoms with Gasteiger partial charge in [-0.2, -0.15) is 21.6 Å². The minimum atomic E-state index is -5.07. The van der Waals surface area contributed by atoms with Crippen molar-refractivity contribution >= 4 is 119 Å². The number of amides is 4. The number of carbonyl (C=O) groups is 10. The highest BCUT2D eigenvalue weighted by Crippen LogP contribution is 2.27. The largest absolute Gasteiger partial charge is 0.494 e. The molecule has 0 aliphatic carbocycles. The number of nitrogens with one attached hydrogen (secondary N) is 8. The number of nitrogens with zero attached hydrogens (tertiary/aromatic N) is 4. The number of sulfonamides is 1. The van der Waals surface area contributed by atoms with Gasteiger partial charge in [-0.15, -0.1) is 0 Å². The number of pyridine rings is 1. The van der Waals surface area contributed by atoms with Gasteiger partial charge in [-0.05, 0) is 142 Å².